The van der Waals surface area contributed by atoms with E-state index in [0.29, 0.717) is 25.7 Å². The number of piperidine rings is 1. The molecule has 0 unspecified atom stereocenters. The van der Waals surface area contributed by atoms with Crippen LogP contribution in [0.2, 0.25) is 0 Å². The Kier molecular flexibility index (Phi) is 6.21. The van der Waals surface area contributed by atoms with Gasteiger partial charge in [-0.15, -0.1) is 0 Å². The van der Waals surface area contributed by atoms with Crippen LogP contribution in [0.3, 0.4) is 0 Å². The molecule has 1 amide bonds. The Labute approximate surface area is 205 Å². The van der Waals surface area contributed by atoms with Crippen LogP contribution in [0.1, 0.15) is 24.0 Å². The first-order chi connectivity index (χ1) is 16.8. The van der Waals surface area contributed by atoms with Crippen molar-refractivity contribution >= 4 is 15.9 Å². The van der Waals surface area contributed by atoms with Crippen molar-refractivity contribution in [2.75, 3.05) is 13.1 Å². The Bertz CT molecular complexity index is 1270. The highest BCUT2D eigenvalue weighted by molar-refractivity contribution is 7.89. The molecule has 0 bridgehead atoms. The van der Waals surface area contributed by atoms with Gasteiger partial charge in [0.2, 0.25) is 15.9 Å². The number of nitrogens with one attached hydrogen (secondary N) is 2. The summed E-state index contributed by atoms with van der Waals surface area (Å²) in [4.78, 5) is 13.3. The van der Waals surface area contributed by atoms with Gasteiger partial charge < -0.3 is 5.32 Å². The number of hydrogen-bond donors (Lipinski definition) is 2. The Morgan fingerprint density at radius 1 is 0.800 bits per heavy atom. The molecule has 2 N–H and O–H groups in total. The van der Waals surface area contributed by atoms with Crippen LogP contribution in [-0.4, -0.2) is 42.9 Å². The minimum absolute atomic E-state index is 0.0874. The van der Waals surface area contributed by atoms with Gasteiger partial charge in [0.1, 0.15) is 16.3 Å². The average molecular weight is 494 g/mol. The standard InChI is InChI=1S/C27H28FN3O3S/c28-23-13-7-8-14-24(23)35(33,34)31-17-15-27(16-18-31)29-25(32)26(30-27,19-21-9-3-1-4-10-21)20-22-11-5-2-6-12-22/h1-14,30H,15-20H2,(H,29,32). The van der Waals surface area contributed by atoms with Gasteiger partial charge in [0.25, 0.3) is 0 Å². The zero-order valence-corrected chi connectivity index (χ0v) is 20.1. The van der Waals surface area contributed by atoms with E-state index in [1.165, 1.54) is 22.5 Å². The van der Waals surface area contributed by atoms with E-state index < -0.39 is 27.0 Å². The van der Waals surface area contributed by atoms with E-state index in [1.54, 1.807) is 0 Å². The summed E-state index contributed by atoms with van der Waals surface area (Å²) in [6.45, 7) is 0.355. The van der Waals surface area contributed by atoms with Gasteiger partial charge in [0, 0.05) is 13.1 Å². The van der Waals surface area contributed by atoms with Gasteiger partial charge in [-0.2, -0.15) is 4.31 Å². The highest BCUT2D eigenvalue weighted by atomic mass is 32.2. The minimum atomic E-state index is -3.96. The largest absolute Gasteiger partial charge is 0.336 e. The molecule has 2 aliphatic heterocycles. The first-order valence-corrected chi connectivity index (χ1v) is 13.2. The first-order valence-electron chi connectivity index (χ1n) is 11.8. The molecule has 8 heteroatoms. The number of sulfonamides is 1. The number of benzene rings is 3. The van der Waals surface area contributed by atoms with Crippen molar-refractivity contribution in [3.63, 3.8) is 0 Å². The van der Waals surface area contributed by atoms with Gasteiger partial charge in [-0.1, -0.05) is 72.8 Å². The van der Waals surface area contributed by atoms with Crippen molar-refractivity contribution < 1.29 is 17.6 Å². The lowest BCUT2D eigenvalue weighted by atomic mass is 9.84. The number of carbonyl (C=O) groups is 1. The van der Waals surface area contributed by atoms with E-state index in [-0.39, 0.29) is 23.9 Å². The zero-order chi connectivity index (χ0) is 24.5. The fourth-order valence-corrected chi connectivity index (χ4v) is 6.74. The predicted molar refractivity (Wildman–Crippen MR) is 131 cm³/mol. The lowest BCUT2D eigenvalue weighted by molar-refractivity contribution is -0.124. The summed E-state index contributed by atoms with van der Waals surface area (Å²) in [5.41, 5.74) is 0.502. The zero-order valence-electron chi connectivity index (χ0n) is 19.3. The molecule has 0 aromatic heterocycles. The molecule has 2 saturated heterocycles. The molecule has 35 heavy (non-hydrogen) atoms. The summed E-state index contributed by atoms with van der Waals surface area (Å²) in [7, 11) is -3.96. The van der Waals surface area contributed by atoms with E-state index >= 15 is 0 Å². The Hall–Kier alpha value is -3.07. The summed E-state index contributed by atoms with van der Waals surface area (Å²) in [6.07, 6.45) is 1.79. The lowest BCUT2D eigenvalue weighted by Crippen LogP contribution is -2.60. The summed E-state index contributed by atoms with van der Waals surface area (Å²) >= 11 is 0. The molecule has 0 radical (unpaired) electrons. The van der Waals surface area contributed by atoms with Crippen molar-refractivity contribution in [1.82, 2.24) is 14.9 Å². The summed E-state index contributed by atoms with van der Waals surface area (Å²) in [6, 6.07) is 25.2. The van der Waals surface area contributed by atoms with E-state index in [0.717, 1.165) is 17.2 Å². The highest BCUT2D eigenvalue weighted by Crippen LogP contribution is 2.34. The van der Waals surface area contributed by atoms with Crippen LogP contribution in [0.25, 0.3) is 0 Å². The molecule has 0 aliphatic carbocycles. The molecule has 2 fully saturated rings. The fraction of sp³-hybridized carbons (Fsp3) is 0.296. The van der Waals surface area contributed by atoms with Crippen LogP contribution in [0.4, 0.5) is 4.39 Å². The van der Waals surface area contributed by atoms with Gasteiger partial charge in [0.15, 0.2) is 0 Å². The molecule has 2 aliphatic rings. The van der Waals surface area contributed by atoms with Crippen molar-refractivity contribution in [3.05, 3.63) is 102 Å². The van der Waals surface area contributed by atoms with Crippen LogP contribution < -0.4 is 10.6 Å². The van der Waals surface area contributed by atoms with E-state index in [1.807, 2.05) is 60.7 Å². The topological polar surface area (TPSA) is 78.5 Å². The summed E-state index contributed by atoms with van der Waals surface area (Å²) in [5.74, 6) is -0.847. The number of nitrogens with zero attached hydrogens (tertiary/aromatic N) is 1. The van der Waals surface area contributed by atoms with Gasteiger partial charge in [-0.25, -0.2) is 12.8 Å². The third kappa shape index (κ3) is 4.61. The third-order valence-corrected chi connectivity index (χ3v) is 8.93. The Morgan fingerprint density at radius 2 is 1.31 bits per heavy atom. The number of carbonyl (C=O) groups excluding carboxylic acids is 1. The van der Waals surface area contributed by atoms with Gasteiger partial charge >= 0.3 is 0 Å². The maximum atomic E-state index is 14.2. The second kappa shape index (κ2) is 9.18. The maximum Gasteiger partial charge on any atom is 0.245 e. The molecule has 3 aromatic carbocycles. The lowest BCUT2D eigenvalue weighted by Gasteiger charge is -2.40. The van der Waals surface area contributed by atoms with Gasteiger partial charge in [-0.3, -0.25) is 10.1 Å². The molecule has 6 nitrogen and oxygen atoms in total. The van der Waals surface area contributed by atoms with E-state index in [2.05, 4.69) is 10.6 Å². The van der Waals surface area contributed by atoms with Crippen LogP contribution >= 0.6 is 0 Å². The number of halogens is 1. The molecule has 0 atom stereocenters. The molecule has 2 heterocycles. The van der Waals surface area contributed by atoms with Crippen LogP contribution in [-0.2, 0) is 27.7 Å². The maximum absolute atomic E-state index is 14.2. The normalized spacial score (nSPS) is 19.5. The predicted octanol–water partition coefficient (Wildman–Crippen LogP) is 3.25. The quantitative estimate of drug-likeness (QED) is 0.553. The van der Waals surface area contributed by atoms with Gasteiger partial charge in [0.05, 0.1) is 5.66 Å². The van der Waals surface area contributed by atoms with Crippen molar-refractivity contribution in [2.24, 2.45) is 0 Å². The summed E-state index contributed by atoms with van der Waals surface area (Å²) in [5, 5.41) is 6.81. The molecule has 0 saturated carbocycles. The van der Waals surface area contributed by atoms with Crippen LogP contribution in [0, 0.1) is 5.82 Å². The molecule has 182 valence electrons. The van der Waals surface area contributed by atoms with Gasteiger partial charge in [-0.05, 0) is 48.9 Å². The van der Waals surface area contributed by atoms with Crippen LogP contribution in [0.5, 0.6) is 0 Å². The molecular weight excluding hydrogens is 465 g/mol. The van der Waals surface area contributed by atoms with Crippen molar-refractivity contribution in [3.8, 4) is 0 Å². The van der Waals surface area contributed by atoms with Crippen LogP contribution in [0.15, 0.2) is 89.8 Å². The number of hydrogen-bond acceptors (Lipinski definition) is 4. The van der Waals surface area contributed by atoms with E-state index in [9.17, 15) is 17.6 Å². The molecular formula is C27H28FN3O3S. The third-order valence-electron chi connectivity index (χ3n) is 6.99. The smallest absolute Gasteiger partial charge is 0.245 e. The van der Waals surface area contributed by atoms with Crippen molar-refractivity contribution in [1.29, 1.82) is 0 Å². The molecule has 1 spiro atoms. The second-order valence-corrected chi connectivity index (χ2v) is 11.3. The van der Waals surface area contributed by atoms with E-state index in [4.69, 9.17) is 0 Å². The number of amides is 1. The Morgan fingerprint density at radius 3 is 1.86 bits per heavy atom. The molecule has 5 rings (SSSR count). The first kappa shape index (κ1) is 23.7. The SMILES string of the molecule is O=C1NC2(CCN(S(=O)(=O)c3ccccc3F)CC2)NC1(Cc1ccccc1)Cc1ccccc1. The minimum Gasteiger partial charge on any atom is -0.336 e. The van der Waals surface area contributed by atoms with Crippen molar-refractivity contribution in [2.45, 2.75) is 41.8 Å². The Balaban J connectivity index is 1.39. The monoisotopic (exact) mass is 493 g/mol. The summed E-state index contributed by atoms with van der Waals surface area (Å²) < 4.78 is 41.7. The fourth-order valence-electron chi connectivity index (χ4n) is 5.23. The number of rotatable bonds is 6. The second-order valence-electron chi connectivity index (χ2n) is 9.40. The average Bonchev–Trinajstić information content (AvgIpc) is 3.10. The molecule has 3 aromatic rings. The highest BCUT2D eigenvalue weighted by Gasteiger charge is 2.54.